The van der Waals surface area contributed by atoms with Gasteiger partial charge in [0.15, 0.2) is 0 Å². The van der Waals surface area contributed by atoms with Crippen molar-refractivity contribution in [3.8, 4) is 0 Å². The quantitative estimate of drug-likeness (QED) is 0.708. The Morgan fingerprint density at radius 3 is 3.00 bits per heavy atom. The number of hydrogen-bond acceptors (Lipinski definition) is 9. The Labute approximate surface area is 167 Å². The molecule has 1 saturated heterocycles. The standard InChI is InChI=1S/C17H25N5O5S/c1-25-9-3-14-19-17(28-20-14)22-6-4-18-15(23)2-5-21(7-8-22)16(24)13-12-26-10-11-27-13/h12H,2-11H2,1H3,(H,18,23). The van der Waals surface area contributed by atoms with E-state index in [1.807, 2.05) is 4.90 Å². The van der Waals surface area contributed by atoms with Crippen LogP contribution in [0.2, 0.25) is 0 Å². The van der Waals surface area contributed by atoms with Gasteiger partial charge in [-0.25, -0.2) is 4.98 Å². The molecule has 1 fully saturated rings. The van der Waals surface area contributed by atoms with Crippen molar-refractivity contribution in [2.45, 2.75) is 12.8 Å². The van der Waals surface area contributed by atoms with Crippen LogP contribution in [0, 0.1) is 0 Å². The van der Waals surface area contributed by atoms with Crippen LogP contribution in [0.5, 0.6) is 0 Å². The SMILES string of the molecule is COCCc1nsc(N2CCNC(=O)CCN(C(=O)C3=COCCO3)CC2)n1. The van der Waals surface area contributed by atoms with Crippen LogP contribution in [0.15, 0.2) is 12.0 Å². The summed E-state index contributed by atoms with van der Waals surface area (Å²) in [6.45, 7) is 3.77. The summed E-state index contributed by atoms with van der Waals surface area (Å²) in [6.07, 6.45) is 2.24. The number of hydrogen-bond donors (Lipinski definition) is 1. The lowest BCUT2D eigenvalue weighted by molar-refractivity contribution is -0.133. The van der Waals surface area contributed by atoms with Crippen LogP contribution in [-0.4, -0.2) is 85.7 Å². The van der Waals surface area contributed by atoms with Gasteiger partial charge in [-0.1, -0.05) is 0 Å². The van der Waals surface area contributed by atoms with E-state index in [1.54, 1.807) is 12.0 Å². The summed E-state index contributed by atoms with van der Waals surface area (Å²) >= 11 is 1.31. The van der Waals surface area contributed by atoms with Crippen molar-refractivity contribution in [2.24, 2.45) is 0 Å². The smallest absolute Gasteiger partial charge is 0.292 e. The third-order valence-electron chi connectivity index (χ3n) is 4.36. The summed E-state index contributed by atoms with van der Waals surface area (Å²) in [5.41, 5.74) is 0. The Morgan fingerprint density at radius 2 is 2.21 bits per heavy atom. The first-order valence-electron chi connectivity index (χ1n) is 9.24. The Balaban J connectivity index is 1.69. The van der Waals surface area contributed by atoms with Crippen LogP contribution in [0.3, 0.4) is 0 Å². The lowest BCUT2D eigenvalue weighted by Gasteiger charge is -2.29. The molecule has 11 heteroatoms. The monoisotopic (exact) mass is 411 g/mol. The van der Waals surface area contributed by atoms with Gasteiger partial charge in [0.2, 0.25) is 16.8 Å². The van der Waals surface area contributed by atoms with Crippen LogP contribution < -0.4 is 10.2 Å². The second kappa shape index (κ2) is 10.2. The normalized spacial score (nSPS) is 18.6. The van der Waals surface area contributed by atoms with Crippen LogP contribution in [-0.2, 0) is 30.2 Å². The summed E-state index contributed by atoms with van der Waals surface area (Å²) < 4.78 is 20.0. The van der Waals surface area contributed by atoms with Gasteiger partial charge < -0.3 is 29.3 Å². The Kier molecular flexibility index (Phi) is 7.43. The third kappa shape index (κ3) is 5.55. The maximum Gasteiger partial charge on any atom is 0.292 e. The van der Waals surface area contributed by atoms with Crippen LogP contribution in [0.4, 0.5) is 5.13 Å². The summed E-state index contributed by atoms with van der Waals surface area (Å²) in [5.74, 6) is 0.542. The number of nitrogens with zero attached hydrogens (tertiary/aromatic N) is 4. The number of methoxy groups -OCH3 is 1. The minimum absolute atomic E-state index is 0.0903. The van der Waals surface area contributed by atoms with Crippen molar-refractivity contribution >= 4 is 28.5 Å². The third-order valence-corrected chi connectivity index (χ3v) is 5.17. The molecule has 0 saturated carbocycles. The second-order valence-electron chi connectivity index (χ2n) is 6.32. The van der Waals surface area contributed by atoms with Crippen molar-refractivity contribution in [1.29, 1.82) is 0 Å². The summed E-state index contributed by atoms with van der Waals surface area (Å²) in [7, 11) is 1.64. The maximum atomic E-state index is 12.8. The fourth-order valence-corrected chi connectivity index (χ4v) is 3.58. The van der Waals surface area contributed by atoms with Crippen molar-refractivity contribution in [3.63, 3.8) is 0 Å². The first-order valence-corrected chi connectivity index (χ1v) is 10.0. The Morgan fingerprint density at radius 1 is 1.32 bits per heavy atom. The van der Waals surface area contributed by atoms with Crippen molar-refractivity contribution in [2.75, 3.05) is 64.6 Å². The first-order chi connectivity index (χ1) is 13.7. The molecular formula is C17H25N5O5S. The van der Waals surface area contributed by atoms with Crippen LogP contribution in [0.1, 0.15) is 12.2 Å². The van der Waals surface area contributed by atoms with E-state index in [2.05, 4.69) is 14.7 Å². The van der Waals surface area contributed by atoms with E-state index in [9.17, 15) is 9.59 Å². The molecule has 0 bridgehead atoms. The minimum atomic E-state index is -0.272. The van der Waals surface area contributed by atoms with E-state index in [1.165, 1.54) is 17.8 Å². The number of amides is 2. The highest BCUT2D eigenvalue weighted by Crippen LogP contribution is 2.18. The fraction of sp³-hybridized carbons (Fsp3) is 0.647. The zero-order valence-corrected chi connectivity index (χ0v) is 16.7. The molecule has 2 amide bonds. The molecule has 28 heavy (non-hydrogen) atoms. The van der Waals surface area contributed by atoms with E-state index in [-0.39, 0.29) is 24.0 Å². The zero-order chi connectivity index (χ0) is 19.8. The van der Waals surface area contributed by atoms with Gasteiger partial charge in [-0.15, -0.1) is 0 Å². The summed E-state index contributed by atoms with van der Waals surface area (Å²) in [5, 5.41) is 3.65. The van der Waals surface area contributed by atoms with Gasteiger partial charge in [-0.3, -0.25) is 9.59 Å². The highest BCUT2D eigenvalue weighted by molar-refractivity contribution is 7.09. The van der Waals surface area contributed by atoms with Gasteiger partial charge >= 0.3 is 0 Å². The van der Waals surface area contributed by atoms with E-state index in [0.717, 1.165) is 11.0 Å². The van der Waals surface area contributed by atoms with Crippen molar-refractivity contribution < 1.29 is 23.8 Å². The molecule has 0 aromatic carbocycles. The van der Waals surface area contributed by atoms with Gasteiger partial charge in [0.05, 0.1) is 6.61 Å². The molecule has 0 spiro atoms. The van der Waals surface area contributed by atoms with E-state index < -0.39 is 0 Å². The molecule has 1 N–H and O–H groups in total. The predicted octanol–water partition coefficient (Wildman–Crippen LogP) is -0.230. The molecule has 0 atom stereocenters. The zero-order valence-electron chi connectivity index (χ0n) is 15.9. The molecule has 0 unspecified atom stereocenters. The molecule has 154 valence electrons. The largest absolute Gasteiger partial charge is 0.494 e. The lowest BCUT2D eigenvalue weighted by atomic mass is 10.3. The number of anilines is 1. The number of carbonyl (C=O) groups is 2. The predicted molar refractivity (Wildman–Crippen MR) is 102 cm³/mol. The lowest BCUT2D eigenvalue weighted by Crippen LogP contribution is -2.45. The molecule has 0 radical (unpaired) electrons. The van der Waals surface area contributed by atoms with Gasteiger partial charge in [-0.05, 0) is 0 Å². The van der Waals surface area contributed by atoms with E-state index in [4.69, 9.17) is 14.2 Å². The van der Waals surface area contributed by atoms with Gasteiger partial charge in [-0.2, -0.15) is 4.37 Å². The number of carbonyl (C=O) groups excluding carboxylic acids is 2. The maximum absolute atomic E-state index is 12.8. The van der Waals surface area contributed by atoms with Crippen molar-refractivity contribution in [1.82, 2.24) is 19.6 Å². The average Bonchev–Trinajstić information content (AvgIpc) is 3.20. The highest BCUT2D eigenvalue weighted by Gasteiger charge is 2.25. The number of rotatable bonds is 5. The van der Waals surface area contributed by atoms with E-state index in [0.29, 0.717) is 59.0 Å². The van der Waals surface area contributed by atoms with Crippen LogP contribution in [0.25, 0.3) is 0 Å². The second-order valence-corrected chi connectivity index (χ2v) is 7.05. The Bertz CT molecular complexity index is 710. The minimum Gasteiger partial charge on any atom is -0.494 e. The molecule has 2 aliphatic heterocycles. The summed E-state index contributed by atoms with van der Waals surface area (Å²) in [6, 6.07) is 0. The van der Waals surface area contributed by atoms with Gasteiger partial charge in [0.1, 0.15) is 25.3 Å². The number of ether oxygens (including phenoxy) is 3. The molecule has 0 aliphatic carbocycles. The first kappa shape index (κ1) is 20.3. The van der Waals surface area contributed by atoms with Crippen LogP contribution >= 0.6 is 11.5 Å². The molecule has 3 heterocycles. The molecule has 1 aromatic heterocycles. The molecule has 3 rings (SSSR count). The molecule has 1 aromatic rings. The number of aromatic nitrogens is 2. The van der Waals surface area contributed by atoms with Gasteiger partial charge in [0.25, 0.3) is 5.91 Å². The molecular weight excluding hydrogens is 386 g/mol. The topological polar surface area (TPSA) is 106 Å². The van der Waals surface area contributed by atoms with E-state index >= 15 is 0 Å². The average molecular weight is 411 g/mol. The number of nitrogens with one attached hydrogen (secondary N) is 1. The van der Waals surface area contributed by atoms with Crippen molar-refractivity contribution in [3.05, 3.63) is 17.8 Å². The summed E-state index contributed by atoms with van der Waals surface area (Å²) in [4.78, 5) is 33.0. The molecule has 10 nitrogen and oxygen atoms in total. The fourth-order valence-electron chi connectivity index (χ4n) is 2.82. The van der Waals surface area contributed by atoms with Gasteiger partial charge in [0, 0.05) is 64.2 Å². The molecule has 2 aliphatic rings. The highest BCUT2D eigenvalue weighted by atomic mass is 32.1. The Hall–Kier alpha value is -2.40.